The highest BCUT2D eigenvalue weighted by atomic mass is 35.5. The predicted molar refractivity (Wildman–Crippen MR) is 145 cm³/mol. The van der Waals surface area contributed by atoms with Gasteiger partial charge in [-0.1, -0.05) is 11.6 Å². The Morgan fingerprint density at radius 3 is 2.33 bits per heavy atom. The molecule has 0 atom stereocenters. The van der Waals surface area contributed by atoms with Crippen LogP contribution in [0, 0.1) is 11.3 Å². The summed E-state index contributed by atoms with van der Waals surface area (Å²) in [6, 6.07) is 17.1. The number of amides is 1. The van der Waals surface area contributed by atoms with Crippen molar-refractivity contribution in [1.82, 2.24) is 15.5 Å². The van der Waals surface area contributed by atoms with Crippen LogP contribution in [0.1, 0.15) is 41.6 Å². The van der Waals surface area contributed by atoms with Crippen LogP contribution < -0.4 is 20.4 Å². The molecule has 1 aliphatic carbocycles. The highest BCUT2D eigenvalue weighted by Gasteiger charge is 2.28. The first-order valence-electron chi connectivity index (χ1n) is 13.0. The summed E-state index contributed by atoms with van der Waals surface area (Å²) in [6.45, 7) is 6.51. The van der Waals surface area contributed by atoms with Crippen LogP contribution in [-0.2, 0) is 0 Å². The van der Waals surface area contributed by atoms with Crippen LogP contribution in [0.25, 0.3) is 0 Å². The monoisotopic (exact) mass is 506 g/mol. The van der Waals surface area contributed by atoms with Crippen molar-refractivity contribution in [3.8, 4) is 6.07 Å². The molecule has 2 aromatic carbocycles. The largest absolute Gasteiger partial charge is 0.372 e. The van der Waals surface area contributed by atoms with Crippen molar-refractivity contribution in [2.75, 3.05) is 56.1 Å². The summed E-state index contributed by atoms with van der Waals surface area (Å²) in [5.41, 5.74) is 3.44. The second-order valence-electron chi connectivity index (χ2n) is 10.2. The SMILES string of the molecule is CN(c1ccc(C#N)c(Cl)c1)C1CCC(NC(=O)c2ccc(N3CCN(C4CNC4)CC3)cc2)CC1. The summed E-state index contributed by atoms with van der Waals surface area (Å²) >= 11 is 6.23. The molecule has 2 heterocycles. The lowest BCUT2D eigenvalue weighted by atomic mass is 9.90. The first-order valence-corrected chi connectivity index (χ1v) is 13.4. The zero-order valence-corrected chi connectivity index (χ0v) is 21.7. The Labute approximate surface area is 219 Å². The van der Waals surface area contributed by atoms with Gasteiger partial charge in [-0.25, -0.2) is 0 Å². The van der Waals surface area contributed by atoms with Crippen molar-refractivity contribution in [3.05, 3.63) is 58.6 Å². The number of benzene rings is 2. The molecule has 7 nitrogen and oxygen atoms in total. The molecule has 190 valence electrons. The Morgan fingerprint density at radius 1 is 1.06 bits per heavy atom. The second kappa shape index (κ2) is 11.1. The zero-order chi connectivity index (χ0) is 25.1. The van der Waals surface area contributed by atoms with E-state index in [1.807, 2.05) is 24.3 Å². The number of piperazine rings is 1. The van der Waals surface area contributed by atoms with E-state index >= 15 is 0 Å². The van der Waals surface area contributed by atoms with E-state index in [0.29, 0.717) is 22.7 Å². The van der Waals surface area contributed by atoms with Gasteiger partial charge in [0.2, 0.25) is 0 Å². The number of hydrogen-bond donors (Lipinski definition) is 2. The zero-order valence-electron chi connectivity index (χ0n) is 20.9. The summed E-state index contributed by atoms with van der Waals surface area (Å²) in [4.78, 5) is 20.2. The van der Waals surface area contributed by atoms with Gasteiger partial charge in [0.15, 0.2) is 0 Å². The van der Waals surface area contributed by atoms with Crippen molar-refractivity contribution in [3.63, 3.8) is 0 Å². The van der Waals surface area contributed by atoms with E-state index in [4.69, 9.17) is 16.9 Å². The number of rotatable bonds is 6. The molecule has 36 heavy (non-hydrogen) atoms. The fraction of sp³-hybridized carbons (Fsp3) is 0.500. The minimum absolute atomic E-state index is 0.0135. The summed E-state index contributed by atoms with van der Waals surface area (Å²) in [7, 11) is 2.08. The van der Waals surface area contributed by atoms with Crippen molar-refractivity contribution in [2.45, 2.75) is 43.8 Å². The maximum atomic E-state index is 12.9. The first kappa shape index (κ1) is 24.9. The average molecular weight is 507 g/mol. The number of nitrogens with zero attached hydrogens (tertiary/aromatic N) is 4. The standard InChI is InChI=1S/C28H35ClN6O/c1-33(25-9-4-21(17-30)27(29)16-25)23-10-5-22(6-11-23)32-28(36)20-2-7-24(8-3-20)34-12-14-35(15-13-34)26-18-31-19-26/h2-4,7-9,16,22-23,26,31H,5-6,10-15,18-19H2,1H3,(H,32,36). The summed E-state index contributed by atoms with van der Waals surface area (Å²) in [5, 5.41) is 16.2. The lowest BCUT2D eigenvalue weighted by Crippen LogP contribution is -2.61. The molecule has 0 spiro atoms. The van der Waals surface area contributed by atoms with E-state index in [1.54, 1.807) is 6.07 Å². The number of carbonyl (C=O) groups excluding carboxylic acids is 1. The van der Waals surface area contributed by atoms with E-state index < -0.39 is 0 Å². The Kier molecular flexibility index (Phi) is 7.66. The van der Waals surface area contributed by atoms with E-state index in [-0.39, 0.29) is 11.9 Å². The summed E-state index contributed by atoms with van der Waals surface area (Å²) < 4.78 is 0. The topological polar surface area (TPSA) is 74.6 Å². The molecule has 0 bridgehead atoms. The van der Waals surface area contributed by atoms with Gasteiger partial charge in [0.25, 0.3) is 5.91 Å². The van der Waals surface area contributed by atoms with E-state index in [2.05, 4.69) is 50.6 Å². The second-order valence-corrected chi connectivity index (χ2v) is 10.7. The third-order valence-electron chi connectivity index (χ3n) is 8.15. The molecular formula is C28H35ClN6O. The highest BCUT2D eigenvalue weighted by Crippen LogP contribution is 2.29. The van der Waals surface area contributed by atoms with Crippen LogP contribution in [0.15, 0.2) is 42.5 Å². The van der Waals surface area contributed by atoms with Crippen LogP contribution in [0.5, 0.6) is 0 Å². The molecule has 1 saturated carbocycles. The lowest BCUT2D eigenvalue weighted by Gasteiger charge is -2.43. The number of hydrogen-bond acceptors (Lipinski definition) is 6. The molecule has 2 N–H and O–H groups in total. The predicted octanol–water partition coefficient (Wildman–Crippen LogP) is 3.48. The molecule has 0 unspecified atom stereocenters. The molecule has 3 fully saturated rings. The van der Waals surface area contributed by atoms with Crippen LogP contribution >= 0.6 is 11.6 Å². The number of nitrogens with one attached hydrogen (secondary N) is 2. The Morgan fingerprint density at radius 2 is 1.75 bits per heavy atom. The van der Waals surface area contributed by atoms with Gasteiger partial charge in [0.1, 0.15) is 6.07 Å². The Balaban J connectivity index is 1.09. The molecule has 0 aromatic heterocycles. The third kappa shape index (κ3) is 5.46. The fourth-order valence-electron chi connectivity index (χ4n) is 5.60. The molecule has 3 aliphatic rings. The number of carbonyl (C=O) groups is 1. The minimum Gasteiger partial charge on any atom is -0.372 e. The maximum absolute atomic E-state index is 12.9. The maximum Gasteiger partial charge on any atom is 0.251 e. The summed E-state index contributed by atoms with van der Waals surface area (Å²) in [6.07, 6.45) is 3.90. The third-order valence-corrected chi connectivity index (χ3v) is 8.46. The number of halogens is 1. The van der Waals surface area contributed by atoms with Gasteiger partial charge in [-0.2, -0.15) is 5.26 Å². The van der Waals surface area contributed by atoms with Crippen LogP contribution in [0.3, 0.4) is 0 Å². The van der Waals surface area contributed by atoms with Crippen LogP contribution in [-0.4, -0.2) is 75.2 Å². The quantitative estimate of drug-likeness (QED) is 0.625. The van der Waals surface area contributed by atoms with Crippen LogP contribution in [0.2, 0.25) is 5.02 Å². The minimum atomic E-state index is 0.0135. The Bertz CT molecular complexity index is 1100. The molecule has 5 rings (SSSR count). The van der Waals surface area contributed by atoms with E-state index in [0.717, 1.165) is 76.2 Å². The first-order chi connectivity index (χ1) is 17.5. The van der Waals surface area contributed by atoms with Crippen LogP contribution in [0.4, 0.5) is 11.4 Å². The molecule has 8 heteroatoms. The van der Waals surface area contributed by atoms with Gasteiger partial charge in [-0.3, -0.25) is 9.69 Å². The molecule has 1 amide bonds. The molecule has 2 aliphatic heterocycles. The highest BCUT2D eigenvalue weighted by molar-refractivity contribution is 6.32. The van der Waals surface area contributed by atoms with Crippen molar-refractivity contribution in [1.29, 1.82) is 5.26 Å². The summed E-state index contributed by atoms with van der Waals surface area (Å²) in [5.74, 6) is 0.0135. The normalized spacial score (nSPS) is 23.0. The average Bonchev–Trinajstić information content (AvgIpc) is 2.88. The number of nitriles is 1. The van der Waals surface area contributed by atoms with Crippen molar-refractivity contribution >= 4 is 28.9 Å². The van der Waals surface area contributed by atoms with Gasteiger partial charge in [0.05, 0.1) is 10.6 Å². The van der Waals surface area contributed by atoms with Crippen molar-refractivity contribution in [2.24, 2.45) is 0 Å². The van der Waals surface area contributed by atoms with E-state index in [1.165, 1.54) is 5.69 Å². The van der Waals surface area contributed by atoms with Crippen molar-refractivity contribution < 1.29 is 4.79 Å². The van der Waals surface area contributed by atoms with Gasteiger partial charge in [-0.05, 0) is 68.1 Å². The number of anilines is 2. The smallest absolute Gasteiger partial charge is 0.251 e. The fourth-order valence-corrected chi connectivity index (χ4v) is 5.82. The van der Waals surface area contributed by atoms with Gasteiger partial charge in [0, 0.05) is 81.4 Å². The van der Waals surface area contributed by atoms with E-state index in [9.17, 15) is 4.79 Å². The molecular weight excluding hydrogens is 472 g/mol. The van der Waals surface area contributed by atoms with Gasteiger partial charge in [-0.15, -0.1) is 0 Å². The molecule has 2 aromatic rings. The molecule has 2 saturated heterocycles. The Hall–Kier alpha value is -2.79. The molecule has 0 radical (unpaired) electrons. The van der Waals surface area contributed by atoms with Gasteiger partial charge >= 0.3 is 0 Å². The van der Waals surface area contributed by atoms with Gasteiger partial charge < -0.3 is 20.4 Å². The lowest BCUT2D eigenvalue weighted by molar-refractivity contribution is 0.0926.